The molecule has 4 heteroatoms. The van der Waals surface area contributed by atoms with Gasteiger partial charge in [0.2, 0.25) is 5.91 Å². The zero-order valence-electron chi connectivity index (χ0n) is 17.2. The van der Waals surface area contributed by atoms with E-state index in [1.54, 1.807) is 0 Å². The van der Waals surface area contributed by atoms with Crippen molar-refractivity contribution in [3.05, 3.63) is 0 Å². The summed E-state index contributed by atoms with van der Waals surface area (Å²) in [6.45, 7) is 21.4. The molecule has 0 aromatic rings. The van der Waals surface area contributed by atoms with Gasteiger partial charge in [0.05, 0.1) is 0 Å². The fourth-order valence-electron chi connectivity index (χ4n) is 2.78. The zero-order chi connectivity index (χ0) is 18.3. The molecular formula is C19H43N3O. The van der Waals surface area contributed by atoms with Crippen molar-refractivity contribution in [2.75, 3.05) is 52.9 Å². The molecule has 23 heavy (non-hydrogen) atoms. The van der Waals surface area contributed by atoms with Gasteiger partial charge < -0.3 is 14.7 Å². The molecule has 0 aliphatic carbocycles. The maximum Gasteiger partial charge on any atom is 0.225 e. The number of rotatable bonds is 2. The second-order valence-corrected chi connectivity index (χ2v) is 5.34. The first-order valence-electron chi connectivity index (χ1n) is 9.90. The SMILES string of the molecule is CC.CC.CC.CCN1CCC(C(=O)N2CCN(C)CC2)CC1. The average molecular weight is 330 g/mol. The van der Waals surface area contributed by atoms with Crippen molar-refractivity contribution < 1.29 is 4.79 Å². The Morgan fingerprint density at radius 3 is 1.65 bits per heavy atom. The average Bonchev–Trinajstić information content (AvgIpc) is 2.67. The van der Waals surface area contributed by atoms with Gasteiger partial charge in [-0.1, -0.05) is 48.5 Å². The third kappa shape index (κ3) is 9.31. The summed E-state index contributed by atoms with van der Waals surface area (Å²) in [4.78, 5) is 19.2. The van der Waals surface area contributed by atoms with Crippen molar-refractivity contribution in [2.45, 2.75) is 61.3 Å². The number of hydrogen-bond acceptors (Lipinski definition) is 3. The van der Waals surface area contributed by atoms with E-state index < -0.39 is 0 Å². The predicted molar refractivity (Wildman–Crippen MR) is 103 cm³/mol. The van der Waals surface area contributed by atoms with Crippen molar-refractivity contribution in [2.24, 2.45) is 5.92 Å². The lowest BCUT2D eigenvalue weighted by Gasteiger charge is -2.37. The molecule has 4 nitrogen and oxygen atoms in total. The molecule has 1 amide bonds. The lowest BCUT2D eigenvalue weighted by molar-refractivity contribution is -0.138. The molecule has 0 spiro atoms. The van der Waals surface area contributed by atoms with E-state index in [1.807, 2.05) is 41.5 Å². The van der Waals surface area contributed by atoms with Crippen LogP contribution in [0.1, 0.15) is 61.3 Å². The molecule has 2 saturated heterocycles. The Bertz CT molecular complexity index is 255. The van der Waals surface area contributed by atoms with E-state index in [0.717, 1.165) is 58.7 Å². The highest BCUT2D eigenvalue weighted by molar-refractivity contribution is 5.79. The van der Waals surface area contributed by atoms with E-state index in [-0.39, 0.29) is 0 Å². The first kappa shape index (κ1) is 24.6. The molecule has 140 valence electrons. The highest BCUT2D eigenvalue weighted by Gasteiger charge is 2.29. The molecule has 0 unspecified atom stereocenters. The Morgan fingerprint density at radius 2 is 1.26 bits per heavy atom. The summed E-state index contributed by atoms with van der Waals surface area (Å²) in [5, 5.41) is 0. The van der Waals surface area contributed by atoms with Gasteiger partial charge in [0, 0.05) is 32.1 Å². The molecular weight excluding hydrogens is 286 g/mol. The van der Waals surface area contributed by atoms with Crippen LogP contribution in [-0.4, -0.2) is 73.5 Å². The van der Waals surface area contributed by atoms with E-state index in [9.17, 15) is 4.79 Å². The summed E-state index contributed by atoms with van der Waals surface area (Å²) in [5.74, 6) is 0.704. The lowest BCUT2D eigenvalue weighted by atomic mass is 9.95. The molecule has 2 aliphatic heterocycles. The second-order valence-electron chi connectivity index (χ2n) is 5.34. The highest BCUT2D eigenvalue weighted by Crippen LogP contribution is 2.20. The Balaban J connectivity index is 0. The van der Waals surface area contributed by atoms with Crippen LogP contribution in [0, 0.1) is 5.92 Å². The van der Waals surface area contributed by atoms with Gasteiger partial charge in [-0.25, -0.2) is 0 Å². The summed E-state index contributed by atoms with van der Waals surface area (Å²) in [6, 6.07) is 0. The zero-order valence-corrected chi connectivity index (χ0v) is 17.2. The summed E-state index contributed by atoms with van der Waals surface area (Å²) < 4.78 is 0. The molecule has 2 fully saturated rings. The quantitative estimate of drug-likeness (QED) is 0.775. The van der Waals surface area contributed by atoms with Gasteiger partial charge in [-0.15, -0.1) is 0 Å². The van der Waals surface area contributed by atoms with Gasteiger partial charge in [-0.05, 0) is 39.5 Å². The Morgan fingerprint density at radius 1 is 0.826 bits per heavy atom. The van der Waals surface area contributed by atoms with Crippen molar-refractivity contribution in [3.8, 4) is 0 Å². The molecule has 0 bridgehead atoms. The Labute approximate surface area is 146 Å². The van der Waals surface area contributed by atoms with Gasteiger partial charge in [0.25, 0.3) is 0 Å². The number of likely N-dealkylation sites (N-methyl/N-ethyl adjacent to an activating group) is 1. The summed E-state index contributed by atoms with van der Waals surface area (Å²) in [6.07, 6.45) is 2.11. The van der Waals surface area contributed by atoms with Crippen LogP contribution in [-0.2, 0) is 4.79 Å². The minimum Gasteiger partial charge on any atom is -0.340 e. The fraction of sp³-hybridized carbons (Fsp3) is 0.947. The number of likely N-dealkylation sites (tertiary alicyclic amines) is 1. The van der Waals surface area contributed by atoms with Gasteiger partial charge in [-0.3, -0.25) is 4.79 Å². The van der Waals surface area contributed by atoms with Crippen molar-refractivity contribution in [3.63, 3.8) is 0 Å². The van der Waals surface area contributed by atoms with Crippen LogP contribution < -0.4 is 0 Å². The number of carbonyl (C=O) groups excluding carboxylic acids is 1. The summed E-state index contributed by atoms with van der Waals surface area (Å²) in [5.41, 5.74) is 0. The standard InChI is InChI=1S/C13H25N3O.3C2H6/c1-3-15-6-4-12(5-7-15)13(17)16-10-8-14(2)9-11-16;3*1-2/h12H,3-11H2,1-2H3;3*1-2H3. The molecule has 0 aromatic carbocycles. The Hall–Kier alpha value is -0.610. The third-order valence-electron chi connectivity index (χ3n) is 4.20. The monoisotopic (exact) mass is 329 g/mol. The number of amides is 1. The smallest absolute Gasteiger partial charge is 0.225 e. The minimum absolute atomic E-state index is 0.293. The van der Waals surface area contributed by atoms with Crippen LogP contribution in [0.15, 0.2) is 0 Å². The largest absolute Gasteiger partial charge is 0.340 e. The van der Waals surface area contributed by atoms with Gasteiger partial charge in [0.1, 0.15) is 0 Å². The van der Waals surface area contributed by atoms with Crippen LogP contribution in [0.25, 0.3) is 0 Å². The van der Waals surface area contributed by atoms with Crippen LogP contribution >= 0.6 is 0 Å². The summed E-state index contributed by atoms with van der Waals surface area (Å²) in [7, 11) is 2.13. The molecule has 0 atom stereocenters. The van der Waals surface area contributed by atoms with Crippen LogP contribution in [0.3, 0.4) is 0 Å². The number of nitrogens with zero attached hydrogens (tertiary/aromatic N) is 3. The predicted octanol–water partition coefficient (Wildman–Crippen LogP) is 3.57. The van der Waals surface area contributed by atoms with E-state index >= 15 is 0 Å². The Kier molecular flexibility index (Phi) is 17.4. The van der Waals surface area contributed by atoms with Crippen LogP contribution in [0.2, 0.25) is 0 Å². The number of carbonyl (C=O) groups is 1. The highest BCUT2D eigenvalue weighted by atomic mass is 16.2. The maximum atomic E-state index is 12.3. The number of piperidine rings is 1. The fourth-order valence-corrected chi connectivity index (χ4v) is 2.78. The van der Waals surface area contributed by atoms with Crippen molar-refractivity contribution in [1.82, 2.24) is 14.7 Å². The van der Waals surface area contributed by atoms with E-state index in [2.05, 4.69) is 28.7 Å². The molecule has 2 aliphatic rings. The lowest BCUT2D eigenvalue weighted by Crippen LogP contribution is -2.50. The van der Waals surface area contributed by atoms with Crippen LogP contribution in [0.5, 0.6) is 0 Å². The minimum atomic E-state index is 0.293. The first-order valence-corrected chi connectivity index (χ1v) is 9.90. The second kappa shape index (κ2) is 16.3. The molecule has 0 saturated carbocycles. The van der Waals surface area contributed by atoms with E-state index in [0.29, 0.717) is 11.8 Å². The van der Waals surface area contributed by atoms with Gasteiger partial charge in [0.15, 0.2) is 0 Å². The molecule has 0 radical (unpaired) electrons. The van der Waals surface area contributed by atoms with E-state index in [4.69, 9.17) is 0 Å². The van der Waals surface area contributed by atoms with Crippen LogP contribution in [0.4, 0.5) is 0 Å². The van der Waals surface area contributed by atoms with Crippen molar-refractivity contribution in [1.29, 1.82) is 0 Å². The maximum absolute atomic E-state index is 12.3. The number of piperazine rings is 1. The normalized spacial score (nSPS) is 19.4. The topological polar surface area (TPSA) is 26.8 Å². The molecule has 0 aromatic heterocycles. The molecule has 2 rings (SSSR count). The van der Waals surface area contributed by atoms with E-state index in [1.165, 1.54) is 0 Å². The van der Waals surface area contributed by atoms with Crippen molar-refractivity contribution >= 4 is 5.91 Å². The van der Waals surface area contributed by atoms with Gasteiger partial charge >= 0.3 is 0 Å². The third-order valence-corrected chi connectivity index (χ3v) is 4.20. The molecule has 2 heterocycles. The number of hydrogen-bond donors (Lipinski definition) is 0. The van der Waals surface area contributed by atoms with Gasteiger partial charge in [-0.2, -0.15) is 0 Å². The first-order chi connectivity index (χ1) is 11.2. The molecule has 0 N–H and O–H groups in total. The summed E-state index contributed by atoms with van der Waals surface area (Å²) >= 11 is 0.